The number of aromatic nitrogens is 6. The second-order valence-electron chi connectivity index (χ2n) is 6.56. The molecule has 0 bridgehead atoms. The average molecular weight is 363 g/mol. The van der Waals surface area contributed by atoms with Crippen LogP contribution in [0.15, 0.2) is 35.4 Å². The van der Waals surface area contributed by atoms with E-state index in [1.54, 1.807) is 18.2 Å². The number of hydrogen-bond acceptors (Lipinski definition) is 7. The third-order valence-corrected chi connectivity index (χ3v) is 4.58. The van der Waals surface area contributed by atoms with Crippen LogP contribution in [0.2, 0.25) is 0 Å². The fourth-order valence-corrected chi connectivity index (χ4v) is 2.97. The summed E-state index contributed by atoms with van der Waals surface area (Å²) >= 11 is 0. The largest absolute Gasteiger partial charge is 0.393 e. The first-order valence-corrected chi connectivity index (χ1v) is 8.57. The highest BCUT2D eigenvalue weighted by molar-refractivity contribution is 5.85. The van der Waals surface area contributed by atoms with Gasteiger partial charge in [-0.1, -0.05) is 0 Å². The molecule has 3 heterocycles. The third kappa shape index (κ3) is 2.86. The normalized spacial score (nSPS) is 13.8. The lowest BCUT2D eigenvalue weighted by Crippen LogP contribution is -2.05. The molecule has 136 valence electrons. The van der Waals surface area contributed by atoms with E-state index < -0.39 is 0 Å². The molecule has 0 aliphatic heterocycles. The second-order valence-corrected chi connectivity index (χ2v) is 6.56. The SMILES string of the molecule is Nc1c(Nc2ccc3c(=O)[nH][nH]c3c2)ncnc1Nc1cc(C2CC2)[nH]n1. The quantitative estimate of drug-likeness (QED) is 0.318. The van der Waals surface area contributed by atoms with Crippen molar-refractivity contribution in [2.45, 2.75) is 18.8 Å². The first kappa shape index (κ1) is 15.4. The smallest absolute Gasteiger partial charge is 0.271 e. The molecule has 4 aromatic rings. The molecular formula is C17H17N9O. The van der Waals surface area contributed by atoms with Gasteiger partial charge in [0.25, 0.3) is 5.56 Å². The molecule has 7 N–H and O–H groups in total. The van der Waals surface area contributed by atoms with Crippen LogP contribution < -0.4 is 21.9 Å². The zero-order valence-electron chi connectivity index (χ0n) is 14.2. The van der Waals surface area contributed by atoms with Crippen molar-refractivity contribution in [3.8, 4) is 0 Å². The van der Waals surface area contributed by atoms with Gasteiger partial charge in [0.05, 0.1) is 10.9 Å². The van der Waals surface area contributed by atoms with E-state index in [4.69, 9.17) is 5.73 Å². The molecule has 1 aliphatic carbocycles. The van der Waals surface area contributed by atoms with Gasteiger partial charge in [0.15, 0.2) is 17.5 Å². The standard InChI is InChI=1S/C17H17N9O/c18-14-15(21-9-3-4-10-12(5-9)24-26-17(10)27)19-7-20-16(14)22-13-6-11(23-25-13)8-1-2-8/h3-8H,1-2,18H2,(H2,24,26,27)(H3,19,20,21,22,23,25). The molecule has 1 saturated carbocycles. The molecule has 1 aliphatic rings. The number of nitrogen functional groups attached to an aromatic ring is 1. The number of nitrogens with two attached hydrogens (primary N) is 1. The predicted molar refractivity (Wildman–Crippen MR) is 102 cm³/mol. The highest BCUT2D eigenvalue weighted by Crippen LogP contribution is 2.40. The Morgan fingerprint density at radius 3 is 2.70 bits per heavy atom. The van der Waals surface area contributed by atoms with E-state index in [0.29, 0.717) is 40.0 Å². The summed E-state index contributed by atoms with van der Waals surface area (Å²) < 4.78 is 0. The van der Waals surface area contributed by atoms with Crippen LogP contribution in [0.25, 0.3) is 10.9 Å². The zero-order valence-corrected chi connectivity index (χ0v) is 14.2. The van der Waals surface area contributed by atoms with Crippen molar-refractivity contribution in [2.75, 3.05) is 16.4 Å². The summed E-state index contributed by atoms with van der Waals surface area (Å²) in [6, 6.07) is 7.29. The van der Waals surface area contributed by atoms with Gasteiger partial charge < -0.3 is 16.4 Å². The molecule has 10 heteroatoms. The lowest BCUT2D eigenvalue weighted by atomic mass is 10.2. The predicted octanol–water partition coefficient (Wildman–Crippen LogP) is 2.32. The van der Waals surface area contributed by atoms with Crippen molar-refractivity contribution in [3.05, 3.63) is 46.6 Å². The van der Waals surface area contributed by atoms with Gasteiger partial charge in [0, 0.05) is 23.4 Å². The summed E-state index contributed by atoms with van der Waals surface area (Å²) in [5, 5.41) is 19.5. The Hall–Kier alpha value is -3.82. The number of anilines is 5. The maximum absolute atomic E-state index is 11.6. The van der Waals surface area contributed by atoms with Crippen LogP contribution in [-0.2, 0) is 0 Å². The molecule has 0 radical (unpaired) electrons. The molecule has 1 aromatic carbocycles. The highest BCUT2D eigenvalue weighted by Gasteiger charge is 2.25. The van der Waals surface area contributed by atoms with Gasteiger partial charge in [0.2, 0.25) is 0 Å². The molecular weight excluding hydrogens is 346 g/mol. The van der Waals surface area contributed by atoms with Crippen LogP contribution in [0.3, 0.4) is 0 Å². The van der Waals surface area contributed by atoms with Gasteiger partial charge in [-0.05, 0) is 31.0 Å². The van der Waals surface area contributed by atoms with Crippen molar-refractivity contribution in [2.24, 2.45) is 0 Å². The van der Waals surface area contributed by atoms with Crippen LogP contribution >= 0.6 is 0 Å². The Morgan fingerprint density at radius 2 is 1.89 bits per heavy atom. The summed E-state index contributed by atoms with van der Waals surface area (Å²) in [5.74, 6) is 2.18. The molecule has 0 spiro atoms. The molecule has 10 nitrogen and oxygen atoms in total. The van der Waals surface area contributed by atoms with Gasteiger partial charge in [-0.3, -0.25) is 20.1 Å². The average Bonchev–Trinajstić information content (AvgIpc) is 3.31. The Kier molecular flexibility index (Phi) is 3.35. The minimum Gasteiger partial charge on any atom is -0.393 e. The number of benzene rings is 1. The van der Waals surface area contributed by atoms with E-state index in [9.17, 15) is 4.79 Å². The summed E-state index contributed by atoms with van der Waals surface area (Å²) in [6.45, 7) is 0. The number of aromatic amines is 3. The van der Waals surface area contributed by atoms with Crippen molar-refractivity contribution in [1.82, 2.24) is 30.4 Å². The molecule has 0 amide bonds. The van der Waals surface area contributed by atoms with Crippen molar-refractivity contribution >= 4 is 39.7 Å². The van der Waals surface area contributed by atoms with Crippen LogP contribution in [0.1, 0.15) is 24.5 Å². The molecule has 0 atom stereocenters. The molecule has 3 aromatic heterocycles. The Balaban J connectivity index is 1.40. The maximum Gasteiger partial charge on any atom is 0.271 e. The third-order valence-electron chi connectivity index (χ3n) is 4.58. The fourth-order valence-electron chi connectivity index (χ4n) is 2.97. The Labute approximate surface area is 152 Å². The summed E-state index contributed by atoms with van der Waals surface area (Å²) in [6.07, 6.45) is 3.82. The topological polar surface area (TPSA) is 153 Å². The van der Waals surface area contributed by atoms with Crippen molar-refractivity contribution in [3.63, 3.8) is 0 Å². The molecule has 27 heavy (non-hydrogen) atoms. The van der Waals surface area contributed by atoms with Crippen molar-refractivity contribution in [1.29, 1.82) is 0 Å². The summed E-state index contributed by atoms with van der Waals surface area (Å²) in [4.78, 5) is 20.0. The minimum absolute atomic E-state index is 0.158. The monoisotopic (exact) mass is 363 g/mol. The number of rotatable bonds is 5. The van der Waals surface area contributed by atoms with E-state index >= 15 is 0 Å². The lowest BCUT2D eigenvalue weighted by Gasteiger charge is -2.11. The Bertz CT molecular complexity index is 1180. The van der Waals surface area contributed by atoms with Gasteiger partial charge in [0.1, 0.15) is 12.0 Å². The second kappa shape index (κ2) is 5.87. The van der Waals surface area contributed by atoms with Crippen LogP contribution in [0.4, 0.5) is 28.8 Å². The first-order valence-electron chi connectivity index (χ1n) is 8.57. The molecule has 5 rings (SSSR count). The minimum atomic E-state index is -0.158. The number of nitrogens with zero attached hydrogens (tertiary/aromatic N) is 3. The number of hydrogen-bond donors (Lipinski definition) is 6. The fraction of sp³-hybridized carbons (Fsp3) is 0.176. The molecule has 0 unspecified atom stereocenters. The van der Waals surface area contributed by atoms with Crippen LogP contribution in [-0.4, -0.2) is 30.4 Å². The van der Waals surface area contributed by atoms with E-state index in [1.807, 2.05) is 6.07 Å². The lowest BCUT2D eigenvalue weighted by molar-refractivity contribution is 0.966. The summed E-state index contributed by atoms with van der Waals surface area (Å²) in [7, 11) is 0. The number of nitrogens with one attached hydrogen (secondary N) is 5. The van der Waals surface area contributed by atoms with E-state index in [2.05, 4.69) is 41.0 Å². The van der Waals surface area contributed by atoms with Gasteiger partial charge in [-0.25, -0.2) is 9.97 Å². The van der Waals surface area contributed by atoms with Crippen LogP contribution in [0.5, 0.6) is 0 Å². The van der Waals surface area contributed by atoms with Gasteiger partial charge >= 0.3 is 0 Å². The number of fused-ring (bicyclic) bond motifs is 1. The maximum atomic E-state index is 11.6. The Morgan fingerprint density at radius 1 is 1.07 bits per heavy atom. The van der Waals surface area contributed by atoms with Gasteiger partial charge in [-0.15, -0.1) is 0 Å². The van der Waals surface area contributed by atoms with E-state index in [1.165, 1.54) is 19.2 Å². The number of H-pyrrole nitrogens is 3. The summed E-state index contributed by atoms with van der Waals surface area (Å²) in [5.41, 5.74) is 8.99. The molecule has 0 saturated heterocycles. The molecule has 1 fully saturated rings. The van der Waals surface area contributed by atoms with Crippen molar-refractivity contribution < 1.29 is 0 Å². The van der Waals surface area contributed by atoms with Crippen LogP contribution in [0, 0.1) is 0 Å². The van der Waals surface area contributed by atoms with E-state index in [-0.39, 0.29) is 5.56 Å². The van der Waals surface area contributed by atoms with E-state index in [0.717, 1.165) is 11.4 Å². The highest BCUT2D eigenvalue weighted by atomic mass is 16.1. The van der Waals surface area contributed by atoms with Gasteiger partial charge in [-0.2, -0.15) is 5.10 Å². The zero-order chi connectivity index (χ0) is 18.4. The first-order chi connectivity index (χ1) is 13.2.